The molecule has 0 aliphatic rings. The Bertz CT molecular complexity index is 3740. The zero-order valence-electron chi connectivity index (χ0n) is 30.7. The van der Waals surface area contributed by atoms with Crippen molar-refractivity contribution in [2.24, 2.45) is 0 Å². The molecule has 13 rings (SSSR count). The van der Waals surface area contributed by atoms with Crippen LogP contribution in [0, 0.1) is 0 Å². The largest absolute Gasteiger partial charge is 0.456 e. The van der Waals surface area contributed by atoms with Crippen LogP contribution in [0.5, 0.6) is 0 Å². The van der Waals surface area contributed by atoms with E-state index in [1.807, 2.05) is 71.2 Å². The number of aromatic nitrogens is 4. The van der Waals surface area contributed by atoms with Crippen LogP contribution in [0.3, 0.4) is 0 Å². The van der Waals surface area contributed by atoms with Gasteiger partial charge in [0, 0.05) is 90.3 Å². The molecule has 0 aliphatic carbocycles. The smallest absolute Gasteiger partial charge is 0.165 e. The van der Waals surface area contributed by atoms with Gasteiger partial charge in [0.15, 0.2) is 17.5 Å². The van der Waals surface area contributed by atoms with E-state index in [0.717, 1.165) is 60.0 Å². The van der Waals surface area contributed by atoms with Crippen LogP contribution in [0.25, 0.3) is 124 Å². The van der Waals surface area contributed by atoms with Crippen LogP contribution in [0.15, 0.2) is 174 Å². The van der Waals surface area contributed by atoms with Crippen molar-refractivity contribution in [3.63, 3.8) is 0 Å². The Morgan fingerprint density at radius 1 is 0.397 bits per heavy atom. The molecule has 0 spiro atoms. The van der Waals surface area contributed by atoms with E-state index in [1.165, 1.54) is 46.4 Å². The average molecular weight is 777 g/mol. The van der Waals surface area contributed by atoms with Gasteiger partial charge in [-0.1, -0.05) is 115 Å². The third-order valence-corrected chi connectivity index (χ3v) is 13.8. The number of hydrogen-bond donors (Lipinski definition) is 0. The number of benzene rings is 8. The number of rotatable bonds is 4. The summed E-state index contributed by atoms with van der Waals surface area (Å²) in [6, 6.07) is 60.0. The molecule has 0 fully saturated rings. The summed E-state index contributed by atoms with van der Waals surface area (Å²) in [5, 5.41) is 9.62. The molecular formula is C51H28N4OS2. The molecule has 0 saturated carbocycles. The van der Waals surface area contributed by atoms with Crippen molar-refractivity contribution in [3.8, 4) is 39.9 Å². The van der Waals surface area contributed by atoms with Crippen molar-refractivity contribution in [2.45, 2.75) is 0 Å². The summed E-state index contributed by atoms with van der Waals surface area (Å²) >= 11 is 3.66. The summed E-state index contributed by atoms with van der Waals surface area (Å²) in [6.45, 7) is 0. The van der Waals surface area contributed by atoms with E-state index < -0.39 is 0 Å². The van der Waals surface area contributed by atoms with Crippen molar-refractivity contribution >= 4 is 107 Å². The second kappa shape index (κ2) is 12.2. The molecule has 58 heavy (non-hydrogen) atoms. The molecule has 5 nitrogen and oxygen atoms in total. The lowest BCUT2D eigenvalue weighted by Gasteiger charge is -2.13. The predicted molar refractivity (Wildman–Crippen MR) is 244 cm³/mol. The zero-order chi connectivity index (χ0) is 37.9. The maximum absolute atomic E-state index is 6.51. The molecule has 7 heteroatoms. The van der Waals surface area contributed by atoms with Gasteiger partial charge < -0.3 is 8.98 Å². The standard InChI is InChI=1S/C51H28N4OS2/c1-3-13-29(14-4-1)49-52-50(30-15-5-2-6-16-30)54-51(53-49)38-26-31(25-37-47-45(58-48(37)38)24-23-44-46(47)34-19-9-12-22-43(34)57-44)55-39-20-10-7-17-32(39)35-27-36-33-18-8-11-21-41(33)56-42(36)28-40(35)55/h1-28H. The van der Waals surface area contributed by atoms with Crippen LogP contribution in [0.1, 0.15) is 0 Å². The van der Waals surface area contributed by atoms with Crippen molar-refractivity contribution in [3.05, 3.63) is 170 Å². The number of furan rings is 1. The lowest BCUT2D eigenvalue weighted by Crippen LogP contribution is -2.01. The van der Waals surface area contributed by atoms with E-state index in [-0.39, 0.29) is 0 Å². The van der Waals surface area contributed by atoms with Crippen molar-refractivity contribution in [1.29, 1.82) is 0 Å². The second-order valence-electron chi connectivity index (χ2n) is 14.7. The molecule has 0 atom stereocenters. The van der Waals surface area contributed by atoms with Gasteiger partial charge in [-0.15, -0.1) is 22.7 Å². The molecule has 0 bridgehead atoms. The van der Waals surface area contributed by atoms with Crippen LogP contribution in [0.2, 0.25) is 0 Å². The van der Waals surface area contributed by atoms with Gasteiger partial charge in [-0.2, -0.15) is 0 Å². The molecule has 5 heterocycles. The molecule has 0 radical (unpaired) electrons. The summed E-state index contributed by atoms with van der Waals surface area (Å²) in [6.07, 6.45) is 0. The average Bonchev–Trinajstić information content (AvgIpc) is 4.04. The molecule has 0 amide bonds. The summed E-state index contributed by atoms with van der Waals surface area (Å²) in [4.78, 5) is 15.7. The molecule has 8 aromatic carbocycles. The highest BCUT2D eigenvalue weighted by molar-refractivity contribution is 7.28. The minimum atomic E-state index is 0.637. The van der Waals surface area contributed by atoms with Gasteiger partial charge in [-0.05, 0) is 48.5 Å². The van der Waals surface area contributed by atoms with Crippen LogP contribution in [-0.4, -0.2) is 19.5 Å². The highest BCUT2D eigenvalue weighted by Gasteiger charge is 2.23. The van der Waals surface area contributed by atoms with E-state index in [1.54, 1.807) is 0 Å². The van der Waals surface area contributed by atoms with Crippen LogP contribution < -0.4 is 0 Å². The fourth-order valence-electron chi connectivity index (χ4n) is 8.86. The lowest BCUT2D eigenvalue weighted by molar-refractivity contribution is 0.669. The molecule has 13 aromatic rings. The highest BCUT2D eigenvalue weighted by atomic mass is 32.1. The third-order valence-electron chi connectivity index (χ3n) is 11.4. The maximum atomic E-state index is 6.51. The minimum Gasteiger partial charge on any atom is -0.456 e. The summed E-state index contributed by atoms with van der Waals surface area (Å²) in [5.74, 6) is 1.91. The Kier molecular flexibility index (Phi) is 6.70. The second-order valence-corrected chi connectivity index (χ2v) is 16.9. The molecule has 0 unspecified atom stereocenters. The Labute approximate surface area is 338 Å². The summed E-state index contributed by atoms with van der Waals surface area (Å²) < 4.78 is 13.8. The fraction of sp³-hybridized carbons (Fsp3) is 0. The van der Waals surface area contributed by atoms with E-state index in [9.17, 15) is 0 Å². The quantitative estimate of drug-likeness (QED) is 0.179. The van der Waals surface area contributed by atoms with Crippen molar-refractivity contribution in [1.82, 2.24) is 19.5 Å². The van der Waals surface area contributed by atoms with Crippen molar-refractivity contribution < 1.29 is 4.42 Å². The summed E-state index contributed by atoms with van der Waals surface area (Å²) in [5.41, 5.74) is 7.83. The summed E-state index contributed by atoms with van der Waals surface area (Å²) in [7, 11) is 0. The van der Waals surface area contributed by atoms with Gasteiger partial charge in [0.2, 0.25) is 0 Å². The molecule has 270 valence electrons. The predicted octanol–water partition coefficient (Wildman–Crippen LogP) is 14.6. The number of nitrogens with zero attached hydrogens (tertiary/aromatic N) is 4. The molecule has 0 saturated heterocycles. The lowest BCUT2D eigenvalue weighted by atomic mass is 10.0. The van der Waals surface area contributed by atoms with Gasteiger partial charge in [-0.3, -0.25) is 0 Å². The number of fused-ring (bicyclic) bond motifs is 13. The molecular weight excluding hydrogens is 749 g/mol. The Balaban J connectivity index is 1.19. The number of thiophene rings is 2. The first-order valence-corrected chi connectivity index (χ1v) is 20.9. The third kappa shape index (κ3) is 4.66. The van der Waals surface area contributed by atoms with Crippen LogP contribution in [0.4, 0.5) is 0 Å². The number of hydrogen-bond acceptors (Lipinski definition) is 6. The van der Waals surface area contributed by atoms with E-state index in [4.69, 9.17) is 19.4 Å². The Morgan fingerprint density at radius 3 is 1.79 bits per heavy atom. The first-order valence-electron chi connectivity index (χ1n) is 19.3. The van der Waals surface area contributed by atoms with Gasteiger partial charge in [-0.25, -0.2) is 15.0 Å². The minimum absolute atomic E-state index is 0.637. The SMILES string of the molecule is c1ccc(-c2nc(-c3ccccc3)nc(-c3cc(-n4c5ccccc5c5cc6c(cc54)oc4ccccc46)cc4c3sc3ccc5sc6ccccc6c5c34)n2)cc1. The highest BCUT2D eigenvalue weighted by Crippen LogP contribution is 2.48. The topological polar surface area (TPSA) is 56.7 Å². The number of para-hydroxylation sites is 2. The zero-order valence-corrected chi connectivity index (χ0v) is 32.3. The Hall–Kier alpha value is -7.19. The van der Waals surface area contributed by atoms with E-state index in [2.05, 4.69) is 126 Å². The first kappa shape index (κ1) is 32.0. The maximum Gasteiger partial charge on any atom is 0.165 e. The van der Waals surface area contributed by atoms with E-state index in [0.29, 0.717) is 17.5 Å². The van der Waals surface area contributed by atoms with Gasteiger partial charge in [0.1, 0.15) is 11.2 Å². The van der Waals surface area contributed by atoms with Gasteiger partial charge in [0.25, 0.3) is 0 Å². The fourth-order valence-corrected chi connectivity index (χ4v) is 11.2. The molecule has 0 aliphatic heterocycles. The van der Waals surface area contributed by atoms with Crippen LogP contribution in [-0.2, 0) is 0 Å². The normalized spacial score (nSPS) is 12.1. The molecule has 5 aromatic heterocycles. The van der Waals surface area contributed by atoms with E-state index >= 15 is 0 Å². The van der Waals surface area contributed by atoms with Crippen molar-refractivity contribution in [2.75, 3.05) is 0 Å². The van der Waals surface area contributed by atoms with Gasteiger partial charge in [0.05, 0.1) is 11.0 Å². The monoisotopic (exact) mass is 776 g/mol. The van der Waals surface area contributed by atoms with Crippen LogP contribution >= 0.6 is 22.7 Å². The Morgan fingerprint density at radius 2 is 1.02 bits per heavy atom. The molecule has 0 N–H and O–H groups in total. The first-order chi connectivity index (χ1) is 28.7. The van der Waals surface area contributed by atoms with Gasteiger partial charge >= 0.3 is 0 Å².